The van der Waals surface area contributed by atoms with E-state index in [1.807, 2.05) is 0 Å². The Kier molecular flexibility index (Phi) is 4.28. The van der Waals surface area contributed by atoms with Crippen molar-refractivity contribution in [2.75, 3.05) is 6.61 Å². The lowest BCUT2D eigenvalue weighted by atomic mass is 10.3. The highest BCUT2D eigenvalue weighted by Crippen LogP contribution is 2.21. The van der Waals surface area contributed by atoms with Crippen molar-refractivity contribution in [3.63, 3.8) is 0 Å². The molecule has 0 aliphatic carbocycles. The van der Waals surface area contributed by atoms with Gasteiger partial charge in [0.15, 0.2) is 11.6 Å². The molecule has 0 saturated heterocycles. The van der Waals surface area contributed by atoms with E-state index in [2.05, 4.69) is 28.1 Å². The first-order chi connectivity index (χ1) is 6.59. The normalized spacial score (nSPS) is 9.86. The maximum atomic E-state index is 13.2. The van der Waals surface area contributed by atoms with Crippen molar-refractivity contribution >= 4 is 33.1 Å². The van der Waals surface area contributed by atoms with Crippen molar-refractivity contribution in [2.45, 2.75) is 6.42 Å². The van der Waals surface area contributed by atoms with Gasteiger partial charge in [-0.25, -0.2) is 4.39 Å². The molecule has 5 heteroatoms. The van der Waals surface area contributed by atoms with Crippen LogP contribution in [0.2, 0.25) is 0 Å². The van der Waals surface area contributed by atoms with E-state index in [9.17, 15) is 4.39 Å². The van der Waals surface area contributed by atoms with Gasteiger partial charge in [0.2, 0.25) is 0 Å². The Balaban J connectivity index is 2.55. The molecule has 1 aromatic carbocycles. The summed E-state index contributed by atoms with van der Waals surface area (Å²) in [4.78, 5) is 0.363. The molecule has 0 aromatic heterocycles. The van der Waals surface area contributed by atoms with Crippen molar-refractivity contribution < 1.29 is 9.13 Å². The van der Waals surface area contributed by atoms with Crippen LogP contribution < -0.4 is 10.5 Å². The first-order valence-electron chi connectivity index (χ1n) is 3.96. The molecular weight excluding hydrogens is 269 g/mol. The van der Waals surface area contributed by atoms with Gasteiger partial charge in [0.1, 0.15) is 0 Å². The summed E-state index contributed by atoms with van der Waals surface area (Å²) in [5.74, 6) is -0.188. The van der Waals surface area contributed by atoms with Gasteiger partial charge in [0, 0.05) is 10.9 Å². The van der Waals surface area contributed by atoms with Gasteiger partial charge in [0.25, 0.3) is 0 Å². The summed E-state index contributed by atoms with van der Waals surface area (Å²) in [6.07, 6.45) is 0.449. The van der Waals surface area contributed by atoms with Crippen molar-refractivity contribution in [3.05, 3.63) is 28.5 Å². The van der Waals surface area contributed by atoms with Crippen LogP contribution in [0.5, 0.6) is 5.75 Å². The number of halogens is 2. The second-order valence-electron chi connectivity index (χ2n) is 2.64. The summed E-state index contributed by atoms with van der Waals surface area (Å²) in [5, 5.41) is 0. The first kappa shape index (κ1) is 11.4. The van der Waals surface area contributed by atoms with E-state index < -0.39 is 5.82 Å². The summed E-state index contributed by atoms with van der Waals surface area (Å²) >= 11 is 7.81. The third-order valence-electron chi connectivity index (χ3n) is 1.50. The SMILES string of the molecule is NC(=S)CCOc1ccc(Br)cc1F. The van der Waals surface area contributed by atoms with E-state index in [4.69, 9.17) is 10.5 Å². The summed E-state index contributed by atoms with van der Waals surface area (Å²) in [6.45, 7) is 0.299. The van der Waals surface area contributed by atoms with Crippen molar-refractivity contribution in [1.82, 2.24) is 0 Å². The Hall–Kier alpha value is -0.680. The number of thiocarbonyl (C=S) groups is 1. The van der Waals surface area contributed by atoms with Crippen molar-refractivity contribution in [2.24, 2.45) is 5.73 Å². The lowest BCUT2D eigenvalue weighted by molar-refractivity contribution is 0.312. The fourth-order valence-electron chi connectivity index (χ4n) is 0.854. The summed E-state index contributed by atoms with van der Waals surface area (Å²) < 4.78 is 19.0. The maximum Gasteiger partial charge on any atom is 0.166 e. The first-order valence-corrected chi connectivity index (χ1v) is 5.16. The van der Waals surface area contributed by atoms with Crippen LogP contribution in [0.15, 0.2) is 22.7 Å². The molecule has 0 bridgehead atoms. The van der Waals surface area contributed by atoms with Gasteiger partial charge < -0.3 is 10.5 Å². The van der Waals surface area contributed by atoms with Gasteiger partial charge >= 0.3 is 0 Å². The van der Waals surface area contributed by atoms with Crippen molar-refractivity contribution in [1.29, 1.82) is 0 Å². The fraction of sp³-hybridized carbons (Fsp3) is 0.222. The highest BCUT2D eigenvalue weighted by molar-refractivity contribution is 9.10. The average molecular weight is 278 g/mol. The minimum Gasteiger partial charge on any atom is -0.490 e. The van der Waals surface area contributed by atoms with Crippen LogP contribution in [0.3, 0.4) is 0 Å². The van der Waals surface area contributed by atoms with Crippen molar-refractivity contribution in [3.8, 4) is 5.75 Å². The molecule has 1 rings (SSSR count). The maximum absolute atomic E-state index is 13.2. The highest BCUT2D eigenvalue weighted by atomic mass is 79.9. The van der Waals surface area contributed by atoms with E-state index in [1.54, 1.807) is 12.1 Å². The zero-order valence-electron chi connectivity index (χ0n) is 7.30. The molecule has 0 fully saturated rings. The van der Waals surface area contributed by atoms with Crippen LogP contribution in [0, 0.1) is 5.82 Å². The van der Waals surface area contributed by atoms with Crippen LogP contribution in [-0.2, 0) is 0 Å². The number of ether oxygens (including phenoxy) is 1. The highest BCUT2D eigenvalue weighted by Gasteiger charge is 2.03. The van der Waals surface area contributed by atoms with Crippen LogP contribution in [0.25, 0.3) is 0 Å². The van der Waals surface area contributed by atoms with Crippen LogP contribution >= 0.6 is 28.1 Å². The Bertz CT molecular complexity index is 346. The van der Waals surface area contributed by atoms with Gasteiger partial charge in [-0.1, -0.05) is 28.1 Å². The Morgan fingerprint density at radius 3 is 2.86 bits per heavy atom. The lowest BCUT2D eigenvalue weighted by Crippen LogP contribution is -2.12. The molecule has 0 spiro atoms. The Labute approximate surface area is 95.4 Å². The molecule has 0 aliphatic heterocycles. The molecule has 0 unspecified atom stereocenters. The number of nitrogens with two attached hydrogens (primary N) is 1. The topological polar surface area (TPSA) is 35.2 Å². The molecule has 14 heavy (non-hydrogen) atoms. The average Bonchev–Trinajstić information content (AvgIpc) is 2.08. The second kappa shape index (κ2) is 5.26. The van der Waals surface area contributed by atoms with Gasteiger partial charge in [-0.15, -0.1) is 0 Å². The largest absolute Gasteiger partial charge is 0.490 e. The van der Waals surface area contributed by atoms with Gasteiger partial charge in [-0.05, 0) is 18.2 Å². The molecule has 2 N–H and O–H groups in total. The van der Waals surface area contributed by atoms with Crippen LogP contribution in [0.1, 0.15) is 6.42 Å². The zero-order chi connectivity index (χ0) is 10.6. The number of benzene rings is 1. The second-order valence-corrected chi connectivity index (χ2v) is 4.08. The van der Waals surface area contributed by atoms with Gasteiger partial charge in [-0.2, -0.15) is 0 Å². The third kappa shape index (κ3) is 3.59. The molecule has 2 nitrogen and oxygen atoms in total. The number of hydrogen-bond donors (Lipinski definition) is 1. The molecule has 0 aliphatic rings. The summed E-state index contributed by atoms with van der Waals surface area (Å²) in [5.41, 5.74) is 5.27. The fourth-order valence-corrected chi connectivity index (χ4v) is 1.27. The van der Waals surface area contributed by atoms with E-state index in [0.717, 1.165) is 0 Å². The van der Waals surface area contributed by atoms with Crippen LogP contribution in [-0.4, -0.2) is 11.6 Å². The monoisotopic (exact) mass is 277 g/mol. The predicted molar refractivity (Wildman–Crippen MR) is 61.0 cm³/mol. The summed E-state index contributed by atoms with van der Waals surface area (Å²) in [6, 6.07) is 4.61. The number of rotatable bonds is 4. The number of hydrogen-bond acceptors (Lipinski definition) is 2. The molecule has 0 saturated carbocycles. The molecule has 1 aromatic rings. The molecule has 0 amide bonds. The molecule has 0 radical (unpaired) electrons. The Morgan fingerprint density at radius 1 is 1.57 bits per heavy atom. The molecule has 0 heterocycles. The quantitative estimate of drug-likeness (QED) is 0.860. The zero-order valence-corrected chi connectivity index (χ0v) is 9.70. The molecule has 0 atom stereocenters. The minimum atomic E-state index is -0.401. The smallest absolute Gasteiger partial charge is 0.166 e. The molecule has 76 valence electrons. The lowest BCUT2D eigenvalue weighted by Gasteiger charge is -2.06. The standard InChI is InChI=1S/C9H9BrFNOS/c10-6-1-2-8(7(11)5-6)13-4-3-9(12)14/h1-2,5H,3-4H2,(H2,12,14). The third-order valence-corrected chi connectivity index (χ3v) is 2.20. The van der Waals surface area contributed by atoms with Gasteiger partial charge in [0.05, 0.1) is 11.6 Å². The summed E-state index contributed by atoms with van der Waals surface area (Å²) in [7, 11) is 0. The predicted octanol–water partition coefficient (Wildman–Crippen LogP) is 2.64. The van der Waals surface area contributed by atoms with E-state index in [0.29, 0.717) is 22.5 Å². The minimum absolute atomic E-state index is 0.212. The van der Waals surface area contributed by atoms with E-state index in [-0.39, 0.29) is 5.75 Å². The van der Waals surface area contributed by atoms with E-state index >= 15 is 0 Å². The van der Waals surface area contributed by atoms with Gasteiger partial charge in [-0.3, -0.25) is 0 Å². The van der Waals surface area contributed by atoms with Crippen LogP contribution in [0.4, 0.5) is 4.39 Å². The Morgan fingerprint density at radius 2 is 2.29 bits per heavy atom. The molecular formula is C9H9BrFNOS. The van der Waals surface area contributed by atoms with E-state index in [1.165, 1.54) is 6.07 Å².